The maximum atomic E-state index is 13.3. The van der Waals surface area contributed by atoms with Gasteiger partial charge in [0.05, 0.1) is 4.47 Å². The van der Waals surface area contributed by atoms with Crippen LogP contribution in [-0.4, -0.2) is 9.97 Å². The molecule has 0 spiro atoms. The first-order chi connectivity index (χ1) is 8.45. The molecule has 0 aliphatic heterocycles. The van der Waals surface area contributed by atoms with E-state index in [1.165, 1.54) is 6.07 Å². The molecule has 94 valence electrons. The summed E-state index contributed by atoms with van der Waals surface area (Å²) in [6.45, 7) is 3.64. The number of aromatic nitrogens is 2. The molecule has 0 bridgehead atoms. The molecule has 1 heterocycles. The van der Waals surface area contributed by atoms with Gasteiger partial charge in [-0.15, -0.1) is 0 Å². The van der Waals surface area contributed by atoms with Crippen LogP contribution in [0.2, 0.25) is 0 Å². The number of halogens is 2. The smallest absolute Gasteiger partial charge is 0.222 e. The highest BCUT2D eigenvalue weighted by molar-refractivity contribution is 9.10. The minimum atomic E-state index is -0.295. The third kappa shape index (κ3) is 2.76. The Morgan fingerprint density at radius 1 is 1.22 bits per heavy atom. The molecule has 2 aromatic rings. The Morgan fingerprint density at radius 2 is 1.94 bits per heavy atom. The van der Waals surface area contributed by atoms with Gasteiger partial charge in [0.2, 0.25) is 5.95 Å². The number of aryl methyl sites for hydroxylation is 2. The molecule has 0 fully saturated rings. The maximum absolute atomic E-state index is 13.3. The predicted octanol–water partition coefficient (Wildman–Crippen LogP) is 3.32. The zero-order chi connectivity index (χ0) is 13.3. The van der Waals surface area contributed by atoms with Crippen molar-refractivity contribution in [2.24, 2.45) is 0 Å². The summed E-state index contributed by atoms with van der Waals surface area (Å²) in [6, 6.07) is 4.88. The Kier molecular flexibility index (Phi) is 3.47. The van der Waals surface area contributed by atoms with Gasteiger partial charge in [-0.3, -0.25) is 0 Å². The molecule has 2 rings (SSSR count). The van der Waals surface area contributed by atoms with Crippen LogP contribution in [0, 0.1) is 19.7 Å². The van der Waals surface area contributed by atoms with Crippen LogP contribution in [0.5, 0.6) is 0 Å². The minimum Gasteiger partial charge on any atom is -0.368 e. The summed E-state index contributed by atoms with van der Waals surface area (Å²) in [7, 11) is 0. The summed E-state index contributed by atoms with van der Waals surface area (Å²) in [5, 5.41) is 3.09. The summed E-state index contributed by atoms with van der Waals surface area (Å²) >= 11 is 3.15. The number of rotatable bonds is 2. The standard InChI is InChI=1S/C12H12BrFN4/c1-6-3-9(14)8(13)5-10(6)17-11-4-7(2)16-12(15)18-11/h3-5H,1-2H3,(H3,15,16,17,18). The van der Waals surface area contributed by atoms with Crippen molar-refractivity contribution in [2.45, 2.75) is 13.8 Å². The number of nitrogens with two attached hydrogens (primary N) is 1. The number of anilines is 3. The average molecular weight is 311 g/mol. The van der Waals surface area contributed by atoms with Crippen molar-refractivity contribution in [3.8, 4) is 0 Å². The summed E-state index contributed by atoms with van der Waals surface area (Å²) in [6.07, 6.45) is 0. The molecule has 1 aromatic carbocycles. The zero-order valence-electron chi connectivity index (χ0n) is 9.96. The van der Waals surface area contributed by atoms with E-state index in [1.807, 2.05) is 13.8 Å². The van der Waals surface area contributed by atoms with Crippen molar-refractivity contribution >= 4 is 33.4 Å². The molecule has 0 unspecified atom stereocenters. The molecule has 0 saturated carbocycles. The Morgan fingerprint density at radius 3 is 2.61 bits per heavy atom. The van der Waals surface area contributed by atoms with Crippen LogP contribution < -0.4 is 11.1 Å². The molecule has 0 radical (unpaired) electrons. The molecule has 0 saturated heterocycles. The summed E-state index contributed by atoms with van der Waals surface area (Å²) in [4.78, 5) is 8.06. The van der Waals surface area contributed by atoms with E-state index < -0.39 is 0 Å². The topological polar surface area (TPSA) is 63.8 Å². The molecule has 6 heteroatoms. The van der Waals surface area contributed by atoms with Gasteiger partial charge in [-0.25, -0.2) is 9.37 Å². The second-order valence-electron chi connectivity index (χ2n) is 3.96. The van der Waals surface area contributed by atoms with E-state index in [0.29, 0.717) is 10.3 Å². The summed E-state index contributed by atoms with van der Waals surface area (Å²) in [5.41, 5.74) is 7.89. The van der Waals surface area contributed by atoms with Crippen LogP contribution in [0.1, 0.15) is 11.3 Å². The van der Waals surface area contributed by atoms with E-state index in [1.54, 1.807) is 12.1 Å². The highest BCUT2D eigenvalue weighted by atomic mass is 79.9. The molecule has 0 aliphatic carbocycles. The van der Waals surface area contributed by atoms with E-state index >= 15 is 0 Å². The Balaban J connectivity index is 2.36. The quantitative estimate of drug-likeness (QED) is 0.893. The molecule has 0 atom stereocenters. The van der Waals surface area contributed by atoms with Crippen molar-refractivity contribution < 1.29 is 4.39 Å². The highest BCUT2D eigenvalue weighted by Gasteiger charge is 2.07. The Bertz CT molecular complexity index is 581. The maximum Gasteiger partial charge on any atom is 0.222 e. The molecule has 4 nitrogen and oxygen atoms in total. The number of nitrogen functional groups attached to an aromatic ring is 1. The molecule has 1 aromatic heterocycles. The highest BCUT2D eigenvalue weighted by Crippen LogP contribution is 2.26. The van der Waals surface area contributed by atoms with Gasteiger partial charge in [-0.05, 0) is 47.5 Å². The van der Waals surface area contributed by atoms with Crippen LogP contribution in [0.4, 0.5) is 21.8 Å². The average Bonchev–Trinajstić information content (AvgIpc) is 2.24. The van der Waals surface area contributed by atoms with Gasteiger partial charge in [0.25, 0.3) is 0 Å². The second kappa shape index (κ2) is 4.89. The molecular formula is C12H12BrFN4. The van der Waals surface area contributed by atoms with Crippen molar-refractivity contribution in [1.82, 2.24) is 9.97 Å². The van der Waals surface area contributed by atoms with E-state index in [2.05, 4.69) is 31.2 Å². The lowest BCUT2D eigenvalue weighted by Gasteiger charge is -2.10. The van der Waals surface area contributed by atoms with Crippen molar-refractivity contribution in [2.75, 3.05) is 11.1 Å². The largest absolute Gasteiger partial charge is 0.368 e. The van der Waals surface area contributed by atoms with Gasteiger partial charge < -0.3 is 11.1 Å². The first-order valence-electron chi connectivity index (χ1n) is 5.29. The van der Waals surface area contributed by atoms with Crippen molar-refractivity contribution in [3.05, 3.63) is 39.7 Å². The predicted molar refractivity (Wildman–Crippen MR) is 73.3 cm³/mol. The molecule has 18 heavy (non-hydrogen) atoms. The van der Waals surface area contributed by atoms with Crippen LogP contribution in [0.3, 0.4) is 0 Å². The number of hydrogen-bond donors (Lipinski definition) is 2. The first-order valence-corrected chi connectivity index (χ1v) is 6.09. The van der Waals surface area contributed by atoms with Gasteiger partial charge >= 0.3 is 0 Å². The fraction of sp³-hybridized carbons (Fsp3) is 0.167. The second-order valence-corrected chi connectivity index (χ2v) is 4.81. The van der Waals surface area contributed by atoms with Gasteiger partial charge in [0, 0.05) is 17.4 Å². The Hall–Kier alpha value is -1.69. The number of benzene rings is 1. The first kappa shape index (κ1) is 12.8. The van der Waals surface area contributed by atoms with Crippen LogP contribution >= 0.6 is 15.9 Å². The zero-order valence-corrected chi connectivity index (χ0v) is 11.5. The normalized spacial score (nSPS) is 10.4. The summed E-state index contributed by atoms with van der Waals surface area (Å²) in [5.74, 6) is 0.495. The van der Waals surface area contributed by atoms with E-state index in [9.17, 15) is 4.39 Å². The lowest BCUT2D eigenvalue weighted by molar-refractivity contribution is 0.620. The van der Waals surface area contributed by atoms with Gasteiger partial charge in [0.15, 0.2) is 0 Å². The SMILES string of the molecule is Cc1cc(Nc2cc(Br)c(F)cc2C)nc(N)n1. The van der Waals surface area contributed by atoms with Gasteiger partial charge in [-0.2, -0.15) is 4.98 Å². The molecule has 0 aliphatic rings. The Labute approximate surface area is 113 Å². The van der Waals surface area contributed by atoms with Crippen LogP contribution in [0.25, 0.3) is 0 Å². The third-order valence-corrected chi connectivity index (χ3v) is 3.01. The lowest BCUT2D eigenvalue weighted by Crippen LogP contribution is -2.02. The van der Waals surface area contributed by atoms with Gasteiger partial charge in [0.1, 0.15) is 11.6 Å². The van der Waals surface area contributed by atoms with Crippen LogP contribution in [-0.2, 0) is 0 Å². The van der Waals surface area contributed by atoms with Crippen molar-refractivity contribution in [3.63, 3.8) is 0 Å². The summed E-state index contributed by atoms with van der Waals surface area (Å²) < 4.78 is 13.7. The molecule has 3 N–H and O–H groups in total. The number of nitrogens with one attached hydrogen (secondary N) is 1. The van der Waals surface area contributed by atoms with E-state index in [-0.39, 0.29) is 11.8 Å². The monoisotopic (exact) mass is 310 g/mol. The third-order valence-electron chi connectivity index (χ3n) is 2.40. The lowest BCUT2D eigenvalue weighted by atomic mass is 10.2. The fourth-order valence-electron chi connectivity index (χ4n) is 1.57. The van der Waals surface area contributed by atoms with Gasteiger partial charge in [-0.1, -0.05) is 0 Å². The van der Waals surface area contributed by atoms with Crippen LogP contribution in [0.15, 0.2) is 22.7 Å². The minimum absolute atomic E-state index is 0.205. The number of hydrogen-bond acceptors (Lipinski definition) is 4. The fourth-order valence-corrected chi connectivity index (χ4v) is 1.92. The van der Waals surface area contributed by atoms with E-state index in [4.69, 9.17) is 5.73 Å². The number of nitrogens with zero attached hydrogens (tertiary/aromatic N) is 2. The molecular weight excluding hydrogens is 299 g/mol. The van der Waals surface area contributed by atoms with Crippen molar-refractivity contribution in [1.29, 1.82) is 0 Å². The van der Waals surface area contributed by atoms with E-state index in [0.717, 1.165) is 16.9 Å². The molecule has 0 amide bonds.